The topological polar surface area (TPSA) is 0 Å². The van der Waals surface area contributed by atoms with Gasteiger partial charge in [0, 0.05) is 0 Å². The van der Waals surface area contributed by atoms with Crippen molar-refractivity contribution < 1.29 is 0 Å². The van der Waals surface area contributed by atoms with Gasteiger partial charge < -0.3 is 0 Å². The predicted molar refractivity (Wildman–Crippen MR) is 214 cm³/mol. The van der Waals surface area contributed by atoms with Crippen molar-refractivity contribution >= 4 is 0 Å². The highest BCUT2D eigenvalue weighted by molar-refractivity contribution is 5.80. The fraction of sp³-hybridized carbons (Fsp3) is 0.265. The Balaban J connectivity index is 1.57. The van der Waals surface area contributed by atoms with Gasteiger partial charge in [-0.3, -0.25) is 0 Å². The van der Waals surface area contributed by atoms with Gasteiger partial charge in [0.2, 0.25) is 0 Å². The van der Waals surface area contributed by atoms with Crippen molar-refractivity contribution in [1.82, 2.24) is 0 Å². The summed E-state index contributed by atoms with van der Waals surface area (Å²) in [4.78, 5) is 0. The van der Waals surface area contributed by atoms with E-state index in [0.29, 0.717) is 23.7 Å². The molecule has 248 valence electrons. The first kappa shape index (κ1) is 34.2. The van der Waals surface area contributed by atoms with Crippen LogP contribution in [0.2, 0.25) is 0 Å². The first-order valence-corrected chi connectivity index (χ1v) is 18.3. The van der Waals surface area contributed by atoms with E-state index in [9.17, 15) is 0 Å². The maximum absolute atomic E-state index is 2.44. The molecule has 0 aliphatic carbocycles. The van der Waals surface area contributed by atoms with Crippen molar-refractivity contribution in [1.29, 1.82) is 0 Å². The fourth-order valence-electron chi connectivity index (χ4n) is 7.50. The van der Waals surface area contributed by atoms with E-state index in [2.05, 4.69) is 189 Å². The SMILES string of the molecule is CC(C)c1ccccc1-c1cc(Cc2cc(-c3ccccc3C(C)C)cc(-c3ccccc3C(C)C)c2)cc(-c2ccccc2C(C)C)c1. The summed E-state index contributed by atoms with van der Waals surface area (Å²) >= 11 is 0. The molecule has 0 saturated heterocycles. The second-order valence-electron chi connectivity index (χ2n) is 15.0. The van der Waals surface area contributed by atoms with Crippen LogP contribution in [0.3, 0.4) is 0 Å². The number of hydrogen-bond acceptors (Lipinski definition) is 0. The van der Waals surface area contributed by atoms with Crippen molar-refractivity contribution in [3.8, 4) is 44.5 Å². The zero-order valence-corrected chi connectivity index (χ0v) is 30.7. The molecule has 0 nitrogen and oxygen atoms in total. The smallest absolute Gasteiger partial charge is 0.00249 e. The molecule has 0 aliphatic rings. The monoisotopic (exact) mass is 640 g/mol. The lowest BCUT2D eigenvalue weighted by molar-refractivity contribution is 0.868. The highest BCUT2D eigenvalue weighted by atomic mass is 14.2. The standard InChI is InChI=1S/C49H52/c1-32(2)42-17-9-13-21-46(42)38-26-36(27-39(30-38)47-22-14-10-18-43(47)33(3)4)25-37-28-40(48-23-15-11-19-44(48)34(5)6)31-41(29-37)49-24-16-12-20-45(49)35(7)8/h9-24,26-35H,25H2,1-8H3. The van der Waals surface area contributed by atoms with Gasteiger partial charge in [-0.15, -0.1) is 0 Å². The highest BCUT2D eigenvalue weighted by Crippen LogP contribution is 2.39. The van der Waals surface area contributed by atoms with Gasteiger partial charge in [0.05, 0.1) is 0 Å². The number of rotatable bonds is 10. The first-order valence-electron chi connectivity index (χ1n) is 18.3. The molecular formula is C49H52. The lowest BCUT2D eigenvalue weighted by Gasteiger charge is -2.19. The molecule has 0 amide bonds. The third-order valence-electron chi connectivity index (χ3n) is 9.97. The second kappa shape index (κ2) is 14.8. The van der Waals surface area contributed by atoms with Gasteiger partial charge in [-0.25, -0.2) is 0 Å². The molecule has 0 heterocycles. The minimum atomic E-state index is 0.438. The third kappa shape index (κ3) is 7.50. The Hall–Kier alpha value is -4.68. The van der Waals surface area contributed by atoms with Crippen LogP contribution < -0.4 is 0 Å². The first-order chi connectivity index (χ1) is 23.6. The van der Waals surface area contributed by atoms with Crippen molar-refractivity contribution in [2.75, 3.05) is 0 Å². The minimum absolute atomic E-state index is 0.438. The molecule has 0 saturated carbocycles. The molecule has 0 radical (unpaired) electrons. The minimum Gasteiger partial charge on any atom is -0.0619 e. The van der Waals surface area contributed by atoms with Crippen LogP contribution in [-0.4, -0.2) is 0 Å². The van der Waals surface area contributed by atoms with Gasteiger partial charge in [-0.05, 0) is 120 Å². The Morgan fingerprint density at radius 2 is 0.531 bits per heavy atom. The Morgan fingerprint density at radius 3 is 0.755 bits per heavy atom. The van der Waals surface area contributed by atoms with E-state index in [0.717, 1.165) is 6.42 Å². The quantitative estimate of drug-likeness (QED) is 0.140. The van der Waals surface area contributed by atoms with Crippen LogP contribution in [0.15, 0.2) is 133 Å². The molecule has 0 bridgehead atoms. The van der Waals surface area contributed by atoms with E-state index in [4.69, 9.17) is 0 Å². The Morgan fingerprint density at radius 1 is 0.306 bits per heavy atom. The van der Waals surface area contributed by atoms with Gasteiger partial charge in [0.25, 0.3) is 0 Å². The van der Waals surface area contributed by atoms with Crippen LogP contribution in [-0.2, 0) is 6.42 Å². The molecule has 0 aromatic heterocycles. The predicted octanol–water partition coefficient (Wildman–Crippen LogP) is 14.4. The molecule has 0 N–H and O–H groups in total. The summed E-state index contributed by atoms with van der Waals surface area (Å²) in [6.45, 7) is 18.4. The molecule has 6 aromatic carbocycles. The maximum Gasteiger partial charge on any atom is -0.00249 e. The van der Waals surface area contributed by atoms with E-state index in [1.54, 1.807) is 0 Å². The Labute approximate surface area is 295 Å². The summed E-state index contributed by atoms with van der Waals surface area (Å²) in [6, 6.07) is 50.4. The van der Waals surface area contributed by atoms with E-state index in [-0.39, 0.29) is 0 Å². The molecule has 6 aromatic rings. The number of benzene rings is 6. The molecule has 0 unspecified atom stereocenters. The lowest BCUT2D eigenvalue weighted by Crippen LogP contribution is -1.99. The third-order valence-corrected chi connectivity index (χ3v) is 9.97. The van der Waals surface area contributed by atoms with Gasteiger partial charge >= 0.3 is 0 Å². The average Bonchev–Trinajstić information content (AvgIpc) is 3.11. The maximum atomic E-state index is 2.44. The molecule has 0 fully saturated rings. The van der Waals surface area contributed by atoms with Crippen molar-refractivity contribution in [2.45, 2.75) is 85.5 Å². The van der Waals surface area contributed by atoms with Crippen LogP contribution in [0, 0.1) is 0 Å². The molecule has 0 atom stereocenters. The lowest BCUT2D eigenvalue weighted by atomic mass is 9.85. The molecular weight excluding hydrogens is 589 g/mol. The van der Waals surface area contributed by atoms with Crippen molar-refractivity contribution in [3.05, 3.63) is 167 Å². The highest BCUT2D eigenvalue weighted by Gasteiger charge is 2.17. The van der Waals surface area contributed by atoms with Gasteiger partial charge in [0.1, 0.15) is 0 Å². The van der Waals surface area contributed by atoms with Crippen LogP contribution in [0.5, 0.6) is 0 Å². The van der Waals surface area contributed by atoms with Crippen LogP contribution >= 0.6 is 0 Å². The molecule has 6 rings (SSSR count). The molecule has 0 heteroatoms. The molecule has 0 spiro atoms. The Bertz CT molecular complexity index is 1760. The van der Waals surface area contributed by atoms with Crippen LogP contribution in [0.4, 0.5) is 0 Å². The zero-order valence-electron chi connectivity index (χ0n) is 30.7. The van der Waals surface area contributed by atoms with Crippen molar-refractivity contribution in [3.63, 3.8) is 0 Å². The summed E-state index contributed by atoms with van der Waals surface area (Å²) in [5.74, 6) is 1.75. The summed E-state index contributed by atoms with van der Waals surface area (Å²) in [5.41, 5.74) is 18.7. The second-order valence-corrected chi connectivity index (χ2v) is 15.0. The van der Waals surface area contributed by atoms with E-state index >= 15 is 0 Å². The summed E-state index contributed by atoms with van der Waals surface area (Å²) in [5, 5.41) is 0. The molecule has 0 aliphatic heterocycles. The summed E-state index contributed by atoms with van der Waals surface area (Å²) in [6.07, 6.45) is 0.850. The van der Waals surface area contributed by atoms with E-state index in [1.165, 1.54) is 77.9 Å². The van der Waals surface area contributed by atoms with Gasteiger partial charge in [0.15, 0.2) is 0 Å². The van der Waals surface area contributed by atoms with Crippen molar-refractivity contribution in [2.24, 2.45) is 0 Å². The van der Waals surface area contributed by atoms with Crippen LogP contribution in [0.25, 0.3) is 44.5 Å². The molecule has 49 heavy (non-hydrogen) atoms. The Kier molecular flexibility index (Phi) is 10.4. The van der Waals surface area contributed by atoms with Crippen LogP contribution in [0.1, 0.15) is 112 Å². The zero-order chi connectivity index (χ0) is 34.7. The number of hydrogen-bond donors (Lipinski definition) is 0. The largest absolute Gasteiger partial charge is 0.0619 e. The van der Waals surface area contributed by atoms with E-state index in [1.807, 2.05) is 0 Å². The normalized spacial score (nSPS) is 11.7. The average molecular weight is 641 g/mol. The van der Waals surface area contributed by atoms with Gasteiger partial charge in [-0.1, -0.05) is 177 Å². The summed E-state index contributed by atoms with van der Waals surface area (Å²) < 4.78 is 0. The van der Waals surface area contributed by atoms with E-state index < -0.39 is 0 Å². The summed E-state index contributed by atoms with van der Waals surface area (Å²) in [7, 11) is 0. The fourth-order valence-corrected chi connectivity index (χ4v) is 7.50. The van der Waals surface area contributed by atoms with Gasteiger partial charge in [-0.2, -0.15) is 0 Å².